The predicted octanol–water partition coefficient (Wildman–Crippen LogP) is 3.08. The number of esters is 4. The third-order valence-electron chi connectivity index (χ3n) is 6.24. The van der Waals surface area contributed by atoms with Crippen molar-refractivity contribution >= 4 is 35.5 Å². The van der Waals surface area contributed by atoms with Crippen LogP contribution in [0.5, 0.6) is 5.75 Å². The van der Waals surface area contributed by atoms with Gasteiger partial charge < -0.3 is 33.2 Å². The van der Waals surface area contributed by atoms with E-state index in [1.54, 1.807) is 25.3 Å². The van der Waals surface area contributed by atoms with Gasteiger partial charge in [0.1, 0.15) is 30.7 Å². The van der Waals surface area contributed by atoms with Gasteiger partial charge >= 0.3 is 23.9 Å². The summed E-state index contributed by atoms with van der Waals surface area (Å²) in [6.07, 6.45) is -3.45. The fourth-order valence-electron chi connectivity index (χ4n) is 4.69. The second kappa shape index (κ2) is 13.3. The molecule has 2 aliphatic rings. The van der Waals surface area contributed by atoms with Crippen molar-refractivity contribution in [2.75, 3.05) is 13.7 Å². The minimum atomic E-state index is -1.27. The Morgan fingerprint density at radius 1 is 0.868 bits per heavy atom. The molecule has 1 aromatic rings. The highest BCUT2D eigenvalue weighted by Gasteiger charge is 2.52. The van der Waals surface area contributed by atoms with Gasteiger partial charge in [0.15, 0.2) is 18.3 Å². The van der Waals surface area contributed by atoms with Gasteiger partial charge in [0, 0.05) is 41.2 Å². The number of methoxy groups -OCH3 is 1. The van der Waals surface area contributed by atoms with Crippen LogP contribution in [0.4, 0.5) is 0 Å². The SMILES string of the molecule is CO[C@@H]1CC[C@H](Oc2cc([C@@H]3O[C@H](COC(C)=O)[C@@H](OC(C)=O)[C@H](OC(C)=O)[C@H]3OC(C)=O)ccc2Cl)C1. The zero-order valence-corrected chi connectivity index (χ0v) is 22.7. The van der Waals surface area contributed by atoms with Crippen LogP contribution in [-0.2, 0) is 47.6 Å². The fourth-order valence-corrected chi connectivity index (χ4v) is 4.85. The Hall–Kier alpha value is -2.89. The average molecular weight is 557 g/mol. The smallest absolute Gasteiger partial charge is 0.303 e. The summed E-state index contributed by atoms with van der Waals surface area (Å²) >= 11 is 6.43. The summed E-state index contributed by atoms with van der Waals surface area (Å²) in [4.78, 5) is 47.6. The first-order chi connectivity index (χ1) is 18.0. The molecule has 0 aromatic heterocycles. The number of halogens is 1. The number of carbonyl (C=O) groups is 4. The van der Waals surface area contributed by atoms with Crippen LogP contribution in [0.2, 0.25) is 5.02 Å². The van der Waals surface area contributed by atoms with E-state index in [1.807, 2.05) is 0 Å². The van der Waals surface area contributed by atoms with E-state index in [0.29, 0.717) is 22.8 Å². The normalized spacial score (nSPS) is 28.7. The van der Waals surface area contributed by atoms with Gasteiger partial charge in [-0.1, -0.05) is 17.7 Å². The lowest BCUT2D eigenvalue weighted by atomic mass is 9.90. The molecule has 12 heteroatoms. The molecule has 11 nitrogen and oxygen atoms in total. The van der Waals surface area contributed by atoms with Crippen LogP contribution in [0.15, 0.2) is 18.2 Å². The lowest BCUT2D eigenvalue weighted by molar-refractivity contribution is -0.254. The van der Waals surface area contributed by atoms with Crippen LogP contribution in [-0.4, -0.2) is 74.2 Å². The van der Waals surface area contributed by atoms with Gasteiger partial charge in [-0.3, -0.25) is 19.2 Å². The lowest BCUT2D eigenvalue weighted by Gasteiger charge is -2.44. The van der Waals surface area contributed by atoms with Gasteiger partial charge in [-0.25, -0.2) is 0 Å². The van der Waals surface area contributed by atoms with Crippen molar-refractivity contribution in [2.45, 2.75) is 89.7 Å². The molecule has 0 N–H and O–H groups in total. The van der Waals surface area contributed by atoms with Gasteiger partial charge in [-0.2, -0.15) is 0 Å². The largest absolute Gasteiger partial charge is 0.489 e. The highest BCUT2D eigenvalue weighted by molar-refractivity contribution is 6.32. The van der Waals surface area contributed by atoms with Gasteiger partial charge in [0.05, 0.1) is 11.1 Å². The molecule has 0 spiro atoms. The number of benzene rings is 1. The standard InChI is InChI=1S/C26H33ClO11/c1-13(28)33-12-22-24(34-14(2)29)26(36-16(4)31)25(35-15(3)30)23(38-22)17-6-9-20(27)21(10-17)37-19-8-7-18(11-19)32-5/h6,9-10,18-19,22-26H,7-8,11-12H2,1-5H3/t18-,19+,22-,23+,24-,25+,26+/m1/s1. The van der Waals surface area contributed by atoms with Crippen LogP contribution in [0, 0.1) is 0 Å². The molecule has 1 aliphatic heterocycles. The molecule has 1 aliphatic carbocycles. The van der Waals surface area contributed by atoms with Crippen LogP contribution in [0.25, 0.3) is 0 Å². The van der Waals surface area contributed by atoms with Crippen LogP contribution >= 0.6 is 11.6 Å². The maximum Gasteiger partial charge on any atom is 0.303 e. The second-order valence-electron chi connectivity index (χ2n) is 9.22. The van der Waals surface area contributed by atoms with Crippen LogP contribution < -0.4 is 4.74 Å². The van der Waals surface area contributed by atoms with E-state index in [0.717, 1.165) is 12.8 Å². The minimum absolute atomic E-state index is 0.0988. The molecule has 1 aromatic carbocycles. The van der Waals surface area contributed by atoms with E-state index in [2.05, 4.69) is 0 Å². The number of ether oxygens (including phenoxy) is 7. The molecular weight excluding hydrogens is 524 g/mol. The highest BCUT2D eigenvalue weighted by Crippen LogP contribution is 2.40. The first kappa shape index (κ1) is 29.7. The molecule has 1 saturated heterocycles. The van der Waals surface area contributed by atoms with Crippen molar-refractivity contribution in [3.63, 3.8) is 0 Å². The van der Waals surface area contributed by atoms with Gasteiger partial charge in [0.2, 0.25) is 0 Å². The van der Waals surface area contributed by atoms with E-state index in [9.17, 15) is 19.2 Å². The zero-order valence-electron chi connectivity index (χ0n) is 22.0. The Kier molecular flexibility index (Phi) is 10.3. The van der Waals surface area contributed by atoms with Crippen molar-refractivity contribution in [3.8, 4) is 5.75 Å². The van der Waals surface area contributed by atoms with Crippen molar-refractivity contribution in [2.24, 2.45) is 0 Å². The average Bonchev–Trinajstić information content (AvgIpc) is 3.28. The monoisotopic (exact) mass is 556 g/mol. The molecule has 2 fully saturated rings. The zero-order chi connectivity index (χ0) is 28.0. The number of rotatable bonds is 9. The van der Waals surface area contributed by atoms with Gasteiger partial charge in [-0.15, -0.1) is 0 Å². The summed E-state index contributed by atoms with van der Waals surface area (Å²) in [6, 6.07) is 4.93. The molecule has 0 unspecified atom stereocenters. The summed E-state index contributed by atoms with van der Waals surface area (Å²) in [5.41, 5.74) is 0.489. The second-order valence-corrected chi connectivity index (χ2v) is 9.63. The molecule has 3 rings (SSSR count). The Bertz CT molecular complexity index is 1030. The third-order valence-corrected chi connectivity index (χ3v) is 6.55. The molecule has 210 valence electrons. The molecule has 7 atom stereocenters. The van der Waals surface area contributed by atoms with Gasteiger partial charge in [-0.05, 0) is 30.5 Å². The first-order valence-electron chi connectivity index (χ1n) is 12.3. The molecular formula is C26H33ClO11. The molecule has 1 saturated carbocycles. The number of hydrogen-bond acceptors (Lipinski definition) is 11. The summed E-state index contributed by atoms with van der Waals surface area (Å²) in [6.45, 7) is 4.43. The summed E-state index contributed by atoms with van der Waals surface area (Å²) in [5, 5.41) is 0.361. The summed E-state index contributed by atoms with van der Waals surface area (Å²) < 4.78 is 39.4. The Balaban J connectivity index is 2.00. The van der Waals surface area contributed by atoms with Crippen LogP contribution in [0.1, 0.15) is 58.6 Å². The van der Waals surface area contributed by atoms with E-state index >= 15 is 0 Å². The molecule has 1 heterocycles. The Morgan fingerprint density at radius 3 is 2.05 bits per heavy atom. The van der Waals surface area contributed by atoms with E-state index in [1.165, 1.54) is 27.7 Å². The number of carbonyl (C=O) groups excluding carboxylic acids is 4. The van der Waals surface area contributed by atoms with Crippen molar-refractivity contribution in [1.29, 1.82) is 0 Å². The van der Waals surface area contributed by atoms with E-state index < -0.39 is 54.4 Å². The molecule has 38 heavy (non-hydrogen) atoms. The third kappa shape index (κ3) is 7.81. The van der Waals surface area contributed by atoms with Crippen molar-refractivity contribution in [1.82, 2.24) is 0 Å². The Labute approximate surface area is 225 Å². The first-order valence-corrected chi connectivity index (χ1v) is 12.7. The highest BCUT2D eigenvalue weighted by atomic mass is 35.5. The summed E-state index contributed by atoms with van der Waals surface area (Å²) in [7, 11) is 1.66. The van der Waals surface area contributed by atoms with Crippen molar-refractivity contribution < 1.29 is 52.3 Å². The minimum Gasteiger partial charge on any atom is -0.489 e. The molecule has 0 bridgehead atoms. The molecule has 0 amide bonds. The van der Waals surface area contributed by atoms with Crippen LogP contribution in [0.3, 0.4) is 0 Å². The van der Waals surface area contributed by atoms with E-state index in [-0.39, 0.29) is 18.8 Å². The predicted molar refractivity (Wildman–Crippen MR) is 131 cm³/mol. The summed E-state index contributed by atoms with van der Waals surface area (Å²) in [5.74, 6) is -2.28. The fraction of sp³-hybridized carbons (Fsp3) is 0.615. The Morgan fingerprint density at radius 2 is 1.47 bits per heavy atom. The maximum absolute atomic E-state index is 12.1. The lowest BCUT2D eigenvalue weighted by Crippen LogP contribution is -2.59. The molecule has 0 radical (unpaired) electrons. The van der Waals surface area contributed by atoms with Gasteiger partial charge in [0.25, 0.3) is 0 Å². The topological polar surface area (TPSA) is 133 Å². The van der Waals surface area contributed by atoms with Crippen molar-refractivity contribution in [3.05, 3.63) is 28.8 Å². The maximum atomic E-state index is 12.1. The number of hydrogen-bond donors (Lipinski definition) is 0. The van der Waals surface area contributed by atoms with E-state index in [4.69, 9.17) is 44.8 Å². The quantitative estimate of drug-likeness (QED) is 0.328.